The summed E-state index contributed by atoms with van der Waals surface area (Å²) in [4.78, 5) is 26.7. The fourth-order valence-electron chi connectivity index (χ4n) is 2.87. The molecule has 9 heteroatoms. The lowest BCUT2D eigenvalue weighted by Crippen LogP contribution is -2.43. The zero-order valence-electron chi connectivity index (χ0n) is 18.4. The molecule has 0 saturated heterocycles. The van der Waals surface area contributed by atoms with Gasteiger partial charge in [0.25, 0.3) is 0 Å². The Morgan fingerprint density at radius 3 is 2.56 bits per heavy atom. The van der Waals surface area contributed by atoms with Crippen molar-refractivity contribution in [1.29, 1.82) is 0 Å². The van der Waals surface area contributed by atoms with Crippen molar-refractivity contribution < 1.29 is 28.5 Å². The van der Waals surface area contributed by atoms with Crippen molar-refractivity contribution in [3.8, 4) is 17.2 Å². The smallest absolute Gasteiger partial charge is 0.410 e. The van der Waals surface area contributed by atoms with Crippen LogP contribution in [-0.2, 0) is 14.3 Å². The van der Waals surface area contributed by atoms with Gasteiger partial charge in [-0.2, -0.15) is 0 Å². The predicted molar refractivity (Wildman–Crippen MR) is 121 cm³/mol. The number of carbonyl (C=O) groups is 2. The molecule has 0 atom stereocenters. The van der Waals surface area contributed by atoms with Crippen molar-refractivity contribution in [3.05, 3.63) is 47.5 Å². The maximum absolute atomic E-state index is 12.8. The number of para-hydroxylation sites is 2. The molecule has 3 rings (SSSR count). The van der Waals surface area contributed by atoms with Gasteiger partial charge < -0.3 is 24.3 Å². The van der Waals surface area contributed by atoms with Crippen LogP contribution in [0, 0.1) is 0 Å². The largest absolute Gasteiger partial charge is 0.487 e. The lowest BCUT2D eigenvalue weighted by molar-refractivity contribution is -0.117. The summed E-state index contributed by atoms with van der Waals surface area (Å²) in [6, 6.07) is 12.1. The van der Waals surface area contributed by atoms with Crippen LogP contribution in [0.25, 0.3) is 0 Å². The summed E-state index contributed by atoms with van der Waals surface area (Å²) in [6.45, 7) is 6.05. The lowest BCUT2D eigenvalue weighted by atomic mass is 10.2. The van der Waals surface area contributed by atoms with Gasteiger partial charge in [0.15, 0.2) is 17.2 Å². The quantitative estimate of drug-likeness (QED) is 0.609. The van der Waals surface area contributed by atoms with Crippen molar-refractivity contribution in [3.63, 3.8) is 0 Å². The van der Waals surface area contributed by atoms with E-state index in [-0.39, 0.29) is 26.3 Å². The second kappa shape index (κ2) is 10.6. The molecule has 2 aromatic carbocycles. The molecule has 0 fully saturated rings. The fourth-order valence-corrected chi connectivity index (χ4v) is 3.04. The highest BCUT2D eigenvalue weighted by Gasteiger charge is 2.24. The number of hydrogen-bond donors (Lipinski definition) is 1. The summed E-state index contributed by atoms with van der Waals surface area (Å²) in [5.41, 5.74) is -0.327. The van der Waals surface area contributed by atoms with Gasteiger partial charge in [-0.1, -0.05) is 23.7 Å². The van der Waals surface area contributed by atoms with Gasteiger partial charge in [0.05, 0.1) is 18.9 Å². The average molecular weight is 463 g/mol. The number of anilines is 1. The number of hydrogen-bond acceptors (Lipinski definition) is 6. The van der Waals surface area contributed by atoms with Crippen LogP contribution in [0.2, 0.25) is 5.02 Å². The number of nitrogens with one attached hydrogen (secondary N) is 1. The molecule has 0 radical (unpaired) electrons. The standard InChI is InChI=1S/C23H27ClN2O6/c1-23(2,3)32-22(28)26-10-11-29-12-13-30-19-6-4-5-7-20(19)31-18-9-8-16(24)14-17(18)25-21(27)15-26/h4-9,14H,10-13,15H2,1-3H3,(H,25,27). The van der Waals surface area contributed by atoms with E-state index < -0.39 is 17.6 Å². The number of benzene rings is 2. The summed E-state index contributed by atoms with van der Waals surface area (Å²) in [5.74, 6) is 0.972. The molecule has 1 aliphatic rings. The summed E-state index contributed by atoms with van der Waals surface area (Å²) in [6.07, 6.45) is -0.605. The van der Waals surface area contributed by atoms with E-state index in [1.165, 1.54) is 4.90 Å². The molecular formula is C23H27ClN2O6. The second-order valence-electron chi connectivity index (χ2n) is 8.10. The van der Waals surface area contributed by atoms with E-state index in [2.05, 4.69) is 5.32 Å². The highest BCUT2D eigenvalue weighted by Crippen LogP contribution is 2.36. The average Bonchev–Trinajstić information content (AvgIpc) is 2.71. The van der Waals surface area contributed by atoms with E-state index in [4.69, 9.17) is 30.5 Å². The SMILES string of the molecule is CC(C)(C)OC(=O)N1CCOCCOc2ccccc2Oc2ccc(Cl)cc2NC(=O)C1. The number of rotatable bonds is 0. The van der Waals surface area contributed by atoms with Gasteiger partial charge >= 0.3 is 6.09 Å². The first-order chi connectivity index (χ1) is 15.2. The van der Waals surface area contributed by atoms with Crippen molar-refractivity contribution in [1.82, 2.24) is 4.90 Å². The normalized spacial score (nSPS) is 15.6. The van der Waals surface area contributed by atoms with Gasteiger partial charge in [0.1, 0.15) is 18.8 Å². The highest BCUT2D eigenvalue weighted by atomic mass is 35.5. The molecule has 8 nitrogen and oxygen atoms in total. The Labute approximate surface area is 192 Å². The minimum atomic E-state index is -0.695. The number of fused-ring (bicyclic) bond motifs is 2. The molecule has 0 bridgehead atoms. The van der Waals surface area contributed by atoms with E-state index in [9.17, 15) is 9.59 Å². The molecule has 32 heavy (non-hydrogen) atoms. The monoisotopic (exact) mass is 462 g/mol. The molecule has 1 N–H and O–H groups in total. The Morgan fingerprint density at radius 2 is 1.81 bits per heavy atom. The Balaban J connectivity index is 1.87. The maximum atomic E-state index is 12.8. The van der Waals surface area contributed by atoms with Crippen LogP contribution in [-0.4, -0.2) is 55.4 Å². The minimum Gasteiger partial charge on any atom is -0.487 e. The molecule has 2 amide bonds. The van der Waals surface area contributed by atoms with Crippen LogP contribution in [0.3, 0.4) is 0 Å². The first-order valence-electron chi connectivity index (χ1n) is 10.3. The number of amides is 2. The predicted octanol–water partition coefficient (Wildman–Crippen LogP) is 4.72. The molecule has 1 aliphatic heterocycles. The molecular weight excluding hydrogens is 436 g/mol. The Morgan fingerprint density at radius 1 is 1.06 bits per heavy atom. The molecule has 0 aliphatic carbocycles. The van der Waals surface area contributed by atoms with Crippen molar-refractivity contribution >= 4 is 29.3 Å². The molecule has 172 valence electrons. The van der Waals surface area contributed by atoms with Crippen LogP contribution >= 0.6 is 11.6 Å². The highest BCUT2D eigenvalue weighted by molar-refractivity contribution is 6.31. The molecule has 0 spiro atoms. The van der Waals surface area contributed by atoms with Gasteiger partial charge in [-0.25, -0.2) is 4.79 Å². The van der Waals surface area contributed by atoms with Crippen molar-refractivity contribution in [2.75, 3.05) is 38.2 Å². The minimum absolute atomic E-state index is 0.178. The second-order valence-corrected chi connectivity index (χ2v) is 8.54. The summed E-state index contributed by atoms with van der Waals surface area (Å²) < 4.78 is 22.8. The summed E-state index contributed by atoms with van der Waals surface area (Å²) in [5, 5.41) is 3.19. The van der Waals surface area contributed by atoms with E-state index in [1.54, 1.807) is 51.1 Å². The number of ether oxygens (including phenoxy) is 4. The zero-order valence-corrected chi connectivity index (χ0v) is 19.1. The zero-order chi connectivity index (χ0) is 23.1. The Kier molecular flexibility index (Phi) is 7.82. The van der Waals surface area contributed by atoms with E-state index in [1.807, 2.05) is 12.1 Å². The van der Waals surface area contributed by atoms with Crippen LogP contribution in [0.15, 0.2) is 42.5 Å². The molecule has 0 unspecified atom stereocenters. The van der Waals surface area contributed by atoms with Crippen LogP contribution < -0.4 is 14.8 Å². The first-order valence-corrected chi connectivity index (χ1v) is 10.6. The van der Waals surface area contributed by atoms with Crippen LogP contribution in [0.5, 0.6) is 17.2 Å². The van der Waals surface area contributed by atoms with Crippen LogP contribution in [0.4, 0.5) is 10.5 Å². The topological polar surface area (TPSA) is 86.3 Å². The van der Waals surface area contributed by atoms with E-state index >= 15 is 0 Å². The Bertz CT molecular complexity index is 960. The fraction of sp³-hybridized carbons (Fsp3) is 0.391. The lowest BCUT2D eigenvalue weighted by Gasteiger charge is -2.27. The first kappa shape index (κ1) is 23.7. The van der Waals surface area contributed by atoms with Crippen LogP contribution in [0.1, 0.15) is 20.8 Å². The number of carbonyl (C=O) groups excluding carboxylic acids is 2. The molecule has 2 aromatic rings. The van der Waals surface area contributed by atoms with Gasteiger partial charge in [0, 0.05) is 11.6 Å². The Hall–Kier alpha value is -2.97. The van der Waals surface area contributed by atoms with E-state index in [0.717, 1.165) is 0 Å². The third kappa shape index (κ3) is 7.03. The molecule has 0 saturated carbocycles. The molecule has 0 aromatic heterocycles. The van der Waals surface area contributed by atoms with Crippen molar-refractivity contribution in [2.24, 2.45) is 0 Å². The van der Waals surface area contributed by atoms with Gasteiger partial charge in [0.2, 0.25) is 5.91 Å². The summed E-state index contributed by atoms with van der Waals surface area (Å²) >= 11 is 6.14. The van der Waals surface area contributed by atoms with Gasteiger partial charge in [-0.05, 0) is 51.1 Å². The van der Waals surface area contributed by atoms with E-state index in [0.29, 0.717) is 34.6 Å². The summed E-state index contributed by atoms with van der Waals surface area (Å²) in [7, 11) is 0. The maximum Gasteiger partial charge on any atom is 0.410 e. The number of nitrogens with zero attached hydrogens (tertiary/aromatic N) is 1. The molecule has 1 heterocycles. The van der Waals surface area contributed by atoms with Crippen molar-refractivity contribution in [2.45, 2.75) is 26.4 Å². The van der Waals surface area contributed by atoms with Gasteiger partial charge in [-0.3, -0.25) is 9.69 Å². The third-order valence-electron chi connectivity index (χ3n) is 4.26. The number of halogens is 1. The van der Waals surface area contributed by atoms with Gasteiger partial charge in [-0.15, -0.1) is 0 Å². The third-order valence-corrected chi connectivity index (χ3v) is 4.50.